The second-order valence-corrected chi connectivity index (χ2v) is 6.93. The maximum absolute atomic E-state index is 12.4. The molecule has 0 bridgehead atoms. The van der Waals surface area contributed by atoms with Crippen molar-refractivity contribution in [3.05, 3.63) is 62.6 Å². The van der Waals surface area contributed by atoms with Crippen molar-refractivity contribution < 1.29 is 19.1 Å². The molecule has 0 saturated carbocycles. The van der Waals surface area contributed by atoms with Gasteiger partial charge in [-0.25, -0.2) is 4.79 Å². The van der Waals surface area contributed by atoms with Crippen LogP contribution in [0, 0.1) is 18.3 Å². The predicted molar refractivity (Wildman–Crippen MR) is 110 cm³/mol. The molecule has 0 aliphatic carbocycles. The minimum absolute atomic E-state index is 0.0910. The van der Waals surface area contributed by atoms with Crippen LogP contribution < -0.4 is 10.1 Å². The van der Waals surface area contributed by atoms with Gasteiger partial charge in [0.25, 0.3) is 5.91 Å². The molecular weight excluding hydrogens is 448 g/mol. The van der Waals surface area contributed by atoms with Crippen LogP contribution in [0.3, 0.4) is 0 Å². The Kier molecular flexibility index (Phi) is 7.61. The molecule has 2 aromatic rings. The first-order valence-electron chi connectivity index (χ1n) is 8.02. The summed E-state index contributed by atoms with van der Waals surface area (Å²) in [6, 6.07) is 12.2. The van der Waals surface area contributed by atoms with Crippen LogP contribution in [0.4, 0.5) is 5.69 Å². The van der Waals surface area contributed by atoms with Gasteiger partial charge in [0.2, 0.25) is 0 Å². The van der Waals surface area contributed by atoms with E-state index < -0.39 is 11.9 Å². The average molecular weight is 464 g/mol. The topological polar surface area (TPSA) is 88.4 Å². The molecule has 0 saturated heterocycles. The summed E-state index contributed by atoms with van der Waals surface area (Å²) in [4.78, 5) is 23.6. The van der Waals surface area contributed by atoms with Gasteiger partial charge >= 0.3 is 5.97 Å². The monoisotopic (exact) mass is 462 g/mol. The number of nitrogens with one attached hydrogen (secondary N) is 1. The number of aryl methyl sites for hydroxylation is 1. The van der Waals surface area contributed by atoms with E-state index in [0.717, 1.165) is 5.56 Å². The van der Waals surface area contributed by atoms with Crippen molar-refractivity contribution in [1.82, 2.24) is 0 Å². The molecule has 0 unspecified atom stereocenters. The van der Waals surface area contributed by atoms with E-state index in [4.69, 9.17) is 16.3 Å². The van der Waals surface area contributed by atoms with E-state index >= 15 is 0 Å². The van der Waals surface area contributed by atoms with Gasteiger partial charge in [-0.05, 0) is 58.8 Å². The molecule has 2 aromatic carbocycles. The Hall–Kier alpha value is -2.82. The first-order valence-corrected chi connectivity index (χ1v) is 9.19. The van der Waals surface area contributed by atoms with Crippen LogP contribution in [0.15, 0.2) is 46.4 Å². The zero-order chi connectivity index (χ0) is 20.7. The molecule has 0 fully saturated rings. The smallest absolute Gasteiger partial charge is 0.343 e. The van der Waals surface area contributed by atoms with Crippen molar-refractivity contribution in [3.8, 4) is 11.8 Å². The number of ether oxygens (including phenoxy) is 2. The van der Waals surface area contributed by atoms with Crippen LogP contribution in [0.2, 0.25) is 5.02 Å². The van der Waals surface area contributed by atoms with Crippen LogP contribution in [0.1, 0.15) is 11.1 Å². The molecule has 1 amide bonds. The molecule has 0 radical (unpaired) electrons. The van der Waals surface area contributed by atoms with Crippen molar-refractivity contribution in [1.29, 1.82) is 5.26 Å². The third-order valence-corrected chi connectivity index (χ3v) is 4.44. The van der Waals surface area contributed by atoms with E-state index in [2.05, 4.69) is 26.0 Å². The lowest BCUT2D eigenvalue weighted by Crippen LogP contribution is -2.13. The van der Waals surface area contributed by atoms with Gasteiger partial charge in [0, 0.05) is 5.69 Å². The Balaban J connectivity index is 2.21. The summed E-state index contributed by atoms with van der Waals surface area (Å²) in [5.41, 5.74) is 2.07. The van der Waals surface area contributed by atoms with Crippen LogP contribution in [0.25, 0.3) is 6.08 Å². The number of carbonyl (C=O) groups is 2. The number of rotatable bonds is 6. The fraction of sp³-hybridized carbons (Fsp3) is 0.150. The molecule has 0 atom stereocenters. The fourth-order valence-corrected chi connectivity index (χ4v) is 3.13. The van der Waals surface area contributed by atoms with Crippen molar-refractivity contribution in [2.75, 3.05) is 19.0 Å². The summed E-state index contributed by atoms with van der Waals surface area (Å²) in [6.07, 6.45) is 1.41. The van der Waals surface area contributed by atoms with Gasteiger partial charge in [-0.2, -0.15) is 5.26 Å². The molecule has 1 N–H and O–H groups in total. The Bertz CT molecular complexity index is 942. The minimum atomic E-state index is -0.550. The van der Waals surface area contributed by atoms with Gasteiger partial charge in [0.05, 0.1) is 16.6 Å². The van der Waals surface area contributed by atoms with E-state index in [1.165, 1.54) is 19.3 Å². The van der Waals surface area contributed by atoms with Gasteiger partial charge in [-0.15, -0.1) is 0 Å². The van der Waals surface area contributed by atoms with Crippen LogP contribution >= 0.6 is 27.5 Å². The molecule has 28 heavy (non-hydrogen) atoms. The number of esters is 1. The third kappa shape index (κ3) is 5.84. The average Bonchev–Trinajstić information content (AvgIpc) is 2.66. The number of nitrogens with zero attached hydrogens (tertiary/aromatic N) is 1. The molecule has 6 nitrogen and oxygen atoms in total. The third-order valence-electron chi connectivity index (χ3n) is 3.57. The number of halogens is 2. The van der Waals surface area contributed by atoms with Crippen LogP contribution in [-0.2, 0) is 14.3 Å². The maximum atomic E-state index is 12.4. The Labute approximate surface area is 175 Å². The molecular formula is C20H16BrClN2O4. The van der Waals surface area contributed by atoms with E-state index in [0.29, 0.717) is 15.7 Å². The molecule has 0 aliphatic rings. The van der Waals surface area contributed by atoms with Gasteiger partial charge < -0.3 is 14.8 Å². The minimum Gasteiger partial charge on any atom is -0.479 e. The quantitative estimate of drug-likeness (QED) is 0.387. The number of carbonyl (C=O) groups excluding carboxylic acids is 2. The van der Waals surface area contributed by atoms with Crippen molar-refractivity contribution in [2.24, 2.45) is 0 Å². The summed E-state index contributed by atoms with van der Waals surface area (Å²) in [5.74, 6) is -0.831. The van der Waals surface area contributed by atoms with Crippen molar-refractivity contribution >= 4 is 51.2 Å². The highest BCUT2D eigenvalue weighted by Crippen LogP contribution is 2.35. The maximum Gasteiger partial charge on any atom is 0.343 e. The molecule has 144 valence electrons. The number of methoxy groups -OCH3 is 1. The Morgan fingerprint density at radius 2 is 1.96 bits per heavy atom. The molecule has 8 heteroatoms. The molecule has 0 aliphatic heterocycles. The standard InChI is InChI=1S/C20H16BrClN2O4/c1-12-3-5-15(6-4-12)24-20(26)14(10-23)7-13-8-16(21)19(17(22)9-13)28-11-18(25)27-2/h3-9H,11H2,1-2H3,(H,24,26)/b14-7-. The zero-order valence-electron chi connectivity index (χ0n) is 15.1. The summed E-state index contributed by atoms with van der Waals surface area (Å²) < 4.78 is 10.3. The second-order valence-electron chi connectivity index (χ2n) is 5.67. The highest BCUT2D eigenvalue weighted by Gasteiger charge is 2.14. The largest absolute Gasteiger partial charge is 0.479 e. The van der Waals surface area contributed by atoms with Gasteiger partial charge in [0.15, 0.2) is 12.4 Å². The number of anilines is 1. The summed E-state index contributed by atoms with van der Waals surface area (Å²) in [5, 5.41) is 12.2. The lowest BCUT2D eigenvalue weighted by molar-refractivity contribution is -0.142. The lowest BCUT2D eigenvalue weighted by Gasteiger charge is -2.10. The molecule has 0 heterocycles. The summed E-state index contributed by atoms with van der Waals surface area (Å²) >= 11 is 9.50. The van der Waals surface area contributed by atoms with E-state index in [-0.39, 0.29) is 23.0 Å². The van der Waals surface area contributed by atoms with Crippen LogP contribution in [0.5, 0.6) is 5.75 Å². The number of nitriles is 1. The number of amides is 1. The summed E-state index contributed by atoms with van der Waals surface area (Å²) in [6.45, 7) is 1.64. The number of hydrogen-bond acceptors (Lipinski definition) is 5. The zero-order valence-corrected chi connectivity index (χ0v) is 17.4. The molecule has 0 spiro atoms. The van der Waals surface area contributed by atoms with E-state index in [1.807, 2.05) is 25.1 Å². The van der Waals surface area contributed by atoms with E-state index in [1.54, 1.807) is 18.2 Å². The van der Waals surface area contributed by atoms with E-state index in [9.17, 15) is 14.9 Å². The van der Waals surface area contributed by atoms with Crippen molar-refractivity contribution in [2.45, 2.75) is 6.92 Å². The Morgan fingerprint density at radius 1 is 1.29 bits per heavy atom. The van der Waals surface area contributed by atoms with Gasteiger partial charge in [0.1, 0.15) is 11.6 Å². The highest BCUT2D eigenvalue weighted by atomic mass is 79.9. The highest BCUT2D eigenvalue weighted by molar-refractivity contribution is 9.10. The molecule has 2 rings (SSSR count). The number of benzene rings is 2. The lowest BCUT2D eigenvalue weighted by atomic mass is 10.1. The SMILES string of the molecule is COC(=O)COc1c(Cl)cc(/C=C(/C#N)C(=O)Nc2ccc(C)cc2)cc1Br. The summed E-state index contributed by atoms with van der Waals surface area (Å²) in [7, 11) is 1.25. The second kappa shape index (κ2) is 9.93. The molecule has 0 aromatic heterocycles. The Morgan fingerprint density at radius 3 is 2.54 bits per heavy atom. The normalized spacial score (nSPS) is 10.8. The van der Waals surface area contributed by atoms with Crippen molar-refractivity contribution in [3.63, 3.8) is 0 Å². The van der Waals surface area contributed by atoms with Gasteiger partial charge in [-0.1, -0.05) is 29.3 Å². The predicted octanol–water partition coefficient (Wildman–Crippen LogP) is 4.51. The first kappa shape index (κ1) is 21.5. The number of hydrogen-bond donors (Lipinski definition) is 1. The van der Waals surface area contributed by atoms with Crippen LogP contribution in [-0.4, -0.2) is 25.6 Å². The van der Waals surface area contributed by atoms with Gasteiger partial charge in [-0.3, -0.25) is 4.79 Å². The fourth-order valence-electron chi connectivity index (χ4n) is 2.14. The first-order chi connectivity index (χ1) is 13.3.